The largest absolute Gasteiger partial charge is 0.495 e. The van der Waals surface area contributed by atoms with Crippen LogP contribution in [0.25, 0.3) is 0 Å². The van der Waals surface area contributed by atoms with Gasteiger partial charge in [-0.2, -0.15) is 0 Å². The molecule has 0 aliphatic heterocycles. The highest BCUT2D eigenvalue weighted by molar-refractivity contribution is 9.10. The lowest BCUT2D eigenvalue weighted by Gasteiger charge is -2.20. The normalized spacial score (nSPS) is 11.6. The average molecular weight is 403 g/mol. The number of nitrogens with one attached hydrogen (secondary N) is 1. The number of ether oxygens (including phenoxy) is 3. The van der Waals surface area contributed by atoms with E-state index in [4.69, 9.17) is 19.9 Å². The van der Waals surface area contributed by atoms with Crippen molar-refractivity contribution in [2.45, 2.75) is 20.0 Å². The lowest BCUT2D eigenvalue weighted by molar-refractivity contribution is -0.130. The van der Waals surface area contributed by atoms with Crippen LogP contribution in [0.15, 0.2) is 16.6 Å². The van der Waals surface area contributed by atoms with Crippen molar-refractivity contribution >= 4 is 33.8 Å². The summed E-state index contributed by atoms with van der Waals surface area (Å²) in [4.78, 5) is 35.1. The van der Waals surface area contributed by atoms with Gasteiger partial charge in [0.05, 0.1) is 19.8 Å². The first kappa shape index (κ1) is 19.8. The van der Waals surface area contributed by atoms with Crippen LogP contribution in [0.4, 0.5) is 4.79 Å². The second-order valence-electron chi connectivity index (χ2n) is 5.12. The van der Waals surface area contributed by atoms with Crippen LogP contribution < -0.4 is 20.5 Å². The van der Waals surface area contributed by atoms with E-state index in [-0.39, 0.29) is 11.5 Å². The van der Waals surface area contributed by atoms with Crippen molar-refractivity contribution in [3.8, 4) is 11.5 Å². The molecule has 0 aromatic heterocycles. The lowest BCUT2D eigenvalue weighted by atomic mass is 10.1. The molecule has 3 amide bonds. The molecule has 0 radical (unpaired) electrons. The number of benzene rings is 1. The Morgan fingerprint density at radius 2 is 1.62 bits per heavy atom. The molecule has 0 bridgehead atoms. The molecule has 0 saturated heterocycles. The summed E-state index contributed by atoms with van der Waals surface area (Å²) < 4.78 is 16.1. The van der Waals surface area contributed by atoms with E-state index >= 15 is 0 Å². The van der Waals surface area contributed by atoms with E-state index in [1.807, 2.05) is 5.32 Å². The van der Waals surface area contributed by atoms with E-state index in [2.05, 4.69) is 15.9 Å². The summed E-state index contributed by atoms with van der Waals surface area (Å²) in [5.74, 6) is -1.19. The van der Waals surface area contributed by atoms with Crippen molar-refractivity contribution < 1.29 is 28.6 Å². The number of halogens is 1. The van der Waals surface area contributed by atoms with Crippen LogP contribution in [-0.4, -0.2) is 38.2 Å². The van der Waals surface area contributed by atoms with Crippen LogP contribution in [0, 0.1) is 5.92 Å². The van der Waals surface area contributed by atoms with Gasteiger partial charge in [-0.25, -0.2) is 9.59 Å². The summed E-state index contributed by atoms with van der Waals surface area (Å²) in [6, 6.07) is 1.87. The summed E-state index contributed by atoms with van der Waals surface area (Å²) in [7, 11) is 2.87. The maximum atomic E-state index is 12.4. The molecule has 0 fully saturated rings. The zero-order valence-electron chi connectivity index (χ0n) is 13.7. The van der Waals surface area contributed by atoms with Gasteiger partial charge in [-0.3, -0.25) is 10.1 Å². The van der Waals surface area contributed by atoms with Crippen molar-refractivity contribution in [1.82, 2.24) is 5.32 Å². The first-order valence-electron chi connectivity index (χ1n) is 6.94. The molecule has 0 spiro atoms. The molecule has 3 N–H and O–H groups in total. The number of hydrogen-bond acceptors (Lipinski definition) is 6. The number of nitrogens with two attached hydrogens (primary N) is 1. The second-order valence-corrected chi connectivity index (χ2v) is 5.91. The molecular formula is C15H19BrN2O6. The van der Waals surface area contributed by atoms with Crippen molar-refractivity contribution in [1.29, 1.82) is 0 Å². The molecule has 0 saturated carbocycles. The molecule has 9 heteroatoms. The van der Waals surface area contributed by atoms with Gasteiger partial charge >= 0.3 is 12.0 Å². The topological polar surface area (TPSA) is 117 Å². The fourth-order valence-corrected chi connectivity index (χ4v) is 2.41. The predicted molar refractivity (Wildman–Crippen MR) is 89.0 cm³/mol. The highest BCUT2D eigenvalue weighted by Gasteiger charge is 2.28. The van der Waals surface area contributed by atoms with E-state index < -0.39 is 24.0 Å². The number of imide groups is 1. The molecule has 1 aromatic rings. The van der Waals surface area contributed by atoms with Gasteiger partial charge in [-0.1, -0.05) is 13.8 Å². The molecule has 1 rings (SSSR count). The minimum absolute atomic E-state index is 0.129. The van der Waals surface area contributed by atoms with Gasteiger partial charge in [-0.05, 0) is 34.0 Å². The smallest absolute Gasteiger partial charge is 0.339 e. The predicted octanol–water partition coefficient (Wildman–Crippen LogP) is 1.84. The van der Waals surface area contributed by atoms with Crippen LogP contribution >= 0.6 is 15.9 Å². The summed E-state index contributed by atoms with van der Waals surface area (Å²) in [6.45, 7) is 3.34. The number of rotatable bonds is 6. The minimum atomic E-state index is -1.18. The van der Waals surface area contributed by atoms with E-state index in [1.54, 1.807) is 13.8 Å². The average Bonchev–Trinajstić information content (AvgIpc) is 2.51. The Morgan fingerprint density at radius 1 is 1.12 bits per heavy atom. The third-order valence-corrected chi connectivity index (χ3v) is 3.81. The Balaban J connectivity index is 3.08. The molecule has 0 aliphatic rings. The first-order valence-corrected chi connectivity index (χ1v) is 7.73. The van der Waals surface area contributed by atoms with Gasteiger partial charge in [0.25, 0.3) is 5.91 Å². The highest BCUT2D eigenvalue weighted by Crippen LogP contribution is 2.35. The van der Waals surface area contributed by atoms with Crippen LogP contribution in [-0.2, 0) is 9.53 Å². The molecule has 24 heavy (non-hydrogen) atoms. The van der Waals surface area contributed by atoms with Crippen LogP contribution in [0.5, 0.6) is 11.5 Å². The zero-order valence-corrected chi connectivity index (χ0v) is 15.3. The fraction of sp³-hybridized carbons (Fsp3) is 0.400. The van der Waals surface area contributed by atoms with Crippen molar-refractivity contribution in [2.75, 3.05) is 14.2 Å². The molecule has 132 valence electrons. The Hall–Kier alpha value is -2.29. The summed E-state index contributed by atoms with van der Waals surface area (Å²) in [6.07, 6.45) is -1.18. The molecule has 0 aliphatic carbocycles. The number of amides is 3. The third kappa shape index (κ3) is 4.85. The van der Waals surface area contributed by atoms with Crippen LogP contribution in [0.2, 0.25) is 0 Å². The van der Waals surface area contributed by atoms with Crippen LogP contribution in [0.3, 0.4) is 0 Å². The lowest BCUT2D eigenvalue weighted by Crippen LogP contribution is -2.45. The van der Waals surface area contributed by atoms with Gasteiger partial charge in [0.2, 0.25) is 0 Å². The maximum absolute atomic E-state index is 12.4. The molecule has 1 aromatic carbocycles. The Morgan fingerprint density at radius 3 is 2.00 bits per heavy atom. The van der Waals surface area contributed by atoms with Crippen molar-refractivity contribution in [3.63, 3.8) is 0 Å². The quantitative estimate of drug-likeness (QED) is 0.701. The summed E-state index contributed by atoms with van der Waals surface area (Å²) >= 11 is 3.29. The van der Waals surface area contributed by atoms with Gasteiger partial charge in [-0.15, -0.1) is 0 Å². The SMILES string of the molecule is COc1cc(C(=O)O[C@H](C(=O)NC(N)=O)C(C)C)cc(OC)c1Br. The minimum Gasteiger partial charge on any atom is -0.495 e. The molecule has 0 heterocycles. The number of methoxy groups -OCH3 is 2. The Labute approximate surface area is 147 Å². The second kappa shape index (κ2) is 8.53. The highest BCUT2D eigenvalue weighted by atomic mass is 79.9. The van der Waals surface area contributed by atoms with E-state index in [0.29, 0.717) is 16.0 Å². The number of esters is 1. The third-order valence-electron chi connectivity index (χ3n) is 3.03. The van der Waals surface area contributed by atoms with E-state index in [0.717, 1.165) is 0 Å². The van der Waals surface area contributed by atoms with Gasteiger partial charge in [0.15, 0.2) is 6.10 Å². The number of carbonyl (C=O) groups excluding carboxylic acids is 3. The standard InChI is InChI=1S/C15H19BrN2O6/c1-7(2)12(13(19)18-15(17)21)24-14(20)8-5-9(22-3)11(16)10(6-8)23-4/h5-7,12H,1-4H3,(H3,17,18,19,21)/t12-/m0/s1. The van der Waals surface area contributed by atoms with Crippen molar-refractivity contribution in [2.24, 2.45) is 11.7 Å². The zero-order chi connectivity index (χ0) is 18.4. The van der Waals surface area contributed by atoms with Crippen LogP contribution in [0.1, 0.15) is 24.2 Å². The number of primary amides is 1. The van der Waals surface area contributed by atoms with Crippen molar-refractivity contribution in [3.05, 3.63) is 22.2 Å². The maximum Gasteiger partial charge on any atom is 0.339 e. The van der Waals surface area contributed by atoms with E-state index in [9.17, 15) is 14.4 Å². The molecular weight excluding hydrogens is 384 g/mol. The molecule has 8 nitrogen and oxygen atoms in total. The monoisotopic (exact) mass is 402 g/mol. The van der Waals surface area contributed by atoms with E-state index in [1.165, 1.54) is 26.4 Å². The van der Waals surface area contributed by atoms with Gasteiger partial charge < -0.3 is 19.9 Å². The molecule has 1 atom stereocenters. The molecule has 0 unspecified atom stereocenters. The van der Waals surface area contributed by atoms with Gasteiger partial charge in [0.1, 0.15) is 16.0 Å². The van der Waals surface area contributed by atoms with Gasteiger partial charge in [0, 0.05) is 0 Å². The first-order chi connectivity index (χ1) is 11.2. The number of urea groups is 1. The number of hydrogen-bond donors (Lipinski definition) is 2. The summed E-state index contributed by atoms with van der Waals surface area (Å²) in [5, 5.41) is 1.90. The fourth-order valence-electron chi connectivity index (χ4n) is 1.86. The number of carbonyl (C=O) groups is 3. The summed E-state index contributed by atoms with van der Waals surface area (Å²) in [5.41, 5.74) is 5.05. The Kier molecular flexibility index (Phi) is 7.02. The Bertz CT molecular complexity index is 622.